The summed E-state index contributed by atoms with van der Waals surface area (Å²) in [7, 11) is 0. The van der Waals surface area contributed by atoms with Gasteiger partial charge in [-0.2, -0.15) is 5.26 Å². The smallest absolute Gasteiger partial charge is 0.320 e. The standard InChI is InChI=1S/C14H22N2O2/c1-2-11(9-15)16-12-6-4-3-5-10(12)7-8-13(16)14(17)18/h10-13H,2-8H2,1H3,(H,17,18). The van der Waals surface area contributed by atoms with Gasteiger partial charge in [0, 0.05) is 6.04 Å². The molecule has 0 amide bonds. The van der Waals surface area contributed by atoms with Gasteiger partial charge in [-0.25, -0.2) is 0 Å². The molecule has 2 fully saturated rings. The lowest BCUT2D eigenvalue weighted by Gasteiger charge is -2.48. The van der Waals surface area contributed by atoms with Crippen molar-refractivity contribution in [2.45, 2.75) is 70.0 Å². The lowest BCUT2D eigenvalue weighted by Crippen LogP contribution is -2.58. The maximum absolute atomic E-state index is 11.4. The number of nitriles is 1. The highest BCUT2D eigenvalue weighted by atomic mass is 16.4. The molecule has 0 aromatic rings. The Hall–Kier alpha value is -1.08. The fourth-order valence-corrected chi connectivity index (χ4v) is 3.74. The number of piperidine rings is 1. The molecule has 0 spiro atoms. The summed E-state index contributed by atoms with van der Waals surface area (Å²) in [5, 5.41) is 18.7. The maximum Gasteiger partial charge on any atom is 0.320 e. The minimum absolute atomic E-state index is 0.239. The van der Waals surface area contributed by atoms with Crippen LogP contribution >= 0.6 is 0 Å². The number of rotatable bonds is 3. The van der Waals surface area contributed by atoms with Crippen LogP contribution in [0.4, 0.5) is 0 Å². The van der Waals surface area contributed by atoms with E-state index in [2.05, 4.69) is 6.07 Å². The van der Waals surface area contributed by atoms with Crippen molar-refractivity contribution in [1.29, 1.82) is 5.26 Å². The second-order valence-electron chi connectivity index (χ2n) is 5.54. The predicted octanol–water partition coefficient (Wildman–Crippen LogP) is 2.40. The normalized spacial score (nSPS) is 34.3. The molecule has 4 unspecified atom stereocenters. The summed E-state index contributed by atoms with van der Waals surface area (Å²) in [6.07, 6.45) is 7.13. The van der Waals surface area contributed by atoms with Crippen molar-refractivity contribution in [2.75, 3.05) is 0 Å². The molecule has 4 nitrogen and oxygen atoms in total. The first-order valence-corrected chi connectivity index (χ1v) is 7.08. The Balaban J connectivity index is 2.24. The number of carbonyl (C=O) groups is 1. The number of hydrogen-bond acceptors (Lipinski definition) is 3. The predicted molar refractivity (Wildman–Crippen MR) is 67.9 cm³/mol. The first-order valence-electron chi connectivity index (χ1n) is 7.08. The quantitative estimate of drug-likeness (QED) is 0.835. The highest BCUT2D eigenvalue weighted by Crippen LogP contribution is 2.39. The number of carboxylic acid groups (broad SMARTS) is 1. The summed E-state index contributed by atoms with van der Waals surface area (Å²) >= 11 is 0. The van der Waals surface area contributed by atoms with E-state index in [1.54, 1.807) is 0 Å². The first-order chi connectivity index (χ1) is 8.69. The number of fused-ring (bicyclic) bond motifs is 1. The van der Waals surface area contributed by atoms with E-state index in [9.17, 15) is 15.2 Å². The number of aliphatic carboxylic acids is 1. The molecule has 18 heavy (non-hydrogen) atoms. The number of carboxylic acids is 1. The van der Waals surface area contributed by atoms with Crippen molar-refractivity contribution < 1.29 is 9.90 Å². The highest BCUT2D eigenvalue weighted by molar-refractivity contribution is 5.73. The monoisotopic (exact) mass is 250 g/mol. The van der Waals surface area contributed by atoms with E-state index in [4.69, 9.17) is 0 Å². The second kappa shape index (κ2) is 5.71. The Kier molecular flexibility index (Phi) is 4.23. The molecular formula is C14H22N2O2. The molecule has 1 saturated heterocycles. The van der Waals surface area contributed by atoms with Crippen LogP contribution in [0.5, 0.6) is 0 Å². The zero-order valence-electron chi connectivity index (χ0n) is 11.0. The van der Waals surface area contributed by atoms with Crippen molar-refractivity contribution in [2.24, 2.45) is 5.92 Å². The Bertz CT molecular complexity index is 350. The van der Waals surface area contributed by atoms with Crippen LogP contribution in [0.2, 0.25) is 0 Å². The average molecular weight is 250 g/mol. The van der Waals surface area contributed by atoms with Crippen molar-refractivity contribution in [3.8, 4) is 6.07 Å². The van der Waals surface area contributed by atoms with Crippen LogP contribution in [0.25, 0.3) is 0 Å². The van der Waals surface area contributed by atoms with Crippen LogP contribution in [0.15, 0.2) is 0 Å². The van der Waals surface area contributed by atoms with Crippen LogP contribution in [0, 0.1) is 17.2 Å². The zero-order valence-corrected chi connectivity index (χ0v) is 11.0. The Morgan fingerprint density at radius 2 is 2.11 bits per heavy atom. The molecule has 1 heterocycles. The molecule has 0 bridgehead atoms. The third-order valence-corrected chi connectivity index (χ3v) is 4.60. The summed E-state index contributed by atoms with van der Waals surface area (Å²) < 4.78 is 0. The van der Waals surface area contributed by atoms with Gasteiger partial charge in [0.25, 0.3) is 0 Å². The maximum atomic E-state index is 11.4. The van der Waals surface area contributed by atoms with E-state index in [0.717, 1.165) is 12.8 Å². The van der Waals surface area contributed by atoms with Gasteiger partial charge in [0.05, 0.1) is 12.1 Å². The largest absolute Gasteiger partial charge is 0.480 e. The van der Waals surface area contributed by atoms with E-state index in [0.29, 0.717) is 24.8 Å². The number of nitrogens with zero attached hydrogens (tertiary/aromatic N) is 2. The molecule has 4 atom stereocenters. The summed E-state index contributed by atoms with van der Waals surface area (Å²) in [6.45, 7) is 1.97. The van der Waals surface area contributed by atoms with E-state index >= 15 is 0 Å². The Morgan fingerprint density at radius 3 is 2.72 bits per heavy atom. The van der Waals surface area contributed by atoms with Crippen LogP contribution < -0.4 is 0 Å². The van der Waals surface area contributed by atoms with E-state index in [1.165, 1.54) is 19.3 Å². The van der Waals surface area contributed by atoms with E-state index in [1.807, 2.05) is 11.8 Å². The van der Waals surface area contributed by atoms with Gasteiger partial charge in [0.2, 0.25) is 0 Å². The van der Waals surface area contributed by atoms with Gasteiger partial charge in [-0.3, -0.25) is 9.69 Å². The molecule has 1 N–H and O–H groups in total. The molecule has 2 aliphatic rings. The fraction of sp³-hybridized carbons (Fsp3) is 0.857. The van der Waals surface area contributed by atoms with Gasteiger partial charge in [-0.1, -0.05) is 19.8 Å². The van der Waals surface area contributed by atoms with Crippen LogP contribution in [0.3, 0.4) is 0 Å². The summed E-state index contributed by atoms with van der Waals surface area (Å²) in [5.74, 6) is -0.149. The van der Waals surface area contributed by atoms with Gasteiger partial charge >= 0.3 is 5.97 Å². The minimum Gasteiger partial charge on any atom is -0.480 e. The minimum atomic E-state index is -0.757. The van der Waals surface area contributed by atoms with E-state index < -0.39 is 12.0 Å². The van der Waals surface area contributed by atoms with Crippen molar-refractivity contribution in [1.82, 2.24) is 4.90 Å². The summed E-state index contributed by atoms with van der Waals surface area (Å²) in [6, 6.07) is 1.93. The van der Waals surface area contributed by atoms with Gasteiger partial charge in [-0.05, 0) is 38.0 Å². The first kappa shape index (κ1) is 13.4. The third kappa shape index (κ3) is 2.37. The lowest BCUT2D eigenvalue weighted by atomic mass is 9.75. The Labute approximate surface area is 109 Å². The molecule has 0 radical (unpaired) electrons. The summed E-state index contributed by atoms with van der Waals surface area (Å²) in [4.78, 5) is 13.4. The van der Waals surface area contributed by atoms with Crippen molar-refractivity contribution >= 4 is 5.97 Å². The molecule has 100 valence electrons. The number of hydrogen-bond donors (Lipinski definition) is 1. The molecule has 1 saturated carbocycles. The van der Waals surface area contributed by atoms with Gasteiger partial charge in [0.15, 0.2) is 0 Å². The second-order valence-corrected chi connectivity index (χ2v) is 5.54. The van der Waals surface area contributed by atoms with Gasteiger partial charge < -0.3 is 5.11 Å². The molecule has 2 rings (SSSR count). The van der Waals surface area contributed by atoms with E-state index in [-0.39, 0.29) is 6.04 Å². The molecular weight excluding hydrogens is 228 g/mol. The summed E-state index contributed by atoms with van der Waals surface area (Å²) in [5.41, 5.74) is 0. The molecule has 0 aromatic carbocycles. The molecule has 1 aliphatic heterocycles. The van der Waals surface area contributed by atoms with Crippen molar-refractivity contribution in [3.63, 3.8) is 0 Å². The average Bonchev–Trinajstić information content (AvgIpc) is 2.40. The third-order valence-electron chi connectivity index (χ3n) is 4.60. The molecule has 1 aliphatic carbocycles. The fourth-order valence-electron chi connectivity index (χ4n) is 3.74. The van der Waals surface area contributed by atoms with Gasteiger partial charge in [-0.15, -0.1) is 0 Å². The van der Waals surface area contributed by atoms with Crippen LogP contribution in [-0.2, 0) is 4.79 Å². The topological polar surface area (TPSA) is 64.3 Å². The highest BCUT2D eigenvalue weighted by Gasteiger charge is 2.44. The van der Waals surface area contributed by atoms with Crippen LogP contribution in [-0.4, -0.2) is 34.1 Å². The van der Waals surface area contributed by atoms with Gasteiger partial charge in [0.1, 0.15) is 6.04 Å². The van der Waals surface area contributed by atoms with Crippen LogP contribution in [0.1, 0.15) is 51.9 Å². The zero-order chi connectivity index (χ0) is 13.1. The molecule has 0 aromatic heterocycles. The number of likely N-dealkylation sites (tertiary alicyclic amines) is 1. The Morgan fingerprint density at radius 1 is 1.39 bits per heavy atom. The SMILES string of the molecule is CCC(C#N)N1C(C(=O)O)CCC2CCCCC21. The molecule has 4 heteroatoms. The lowest BCUT2D eigenvalue weighted by molar-refractivity contribution is -0.149. The van der Waals surface area contributed by atoms with Crippen molar-refractivity contribution in [3.05, 3.63) is 0 Å².